The highest BCUT2D eigenvalue weighted by Crippen LogP contribution is 2.23. The zero-order valence-electron chi connectivity index (χ0n) is 10.2. The van der Waals surface area contributed by atoms with Gasteiger partial charge in [0.15, 0.2) is 0 Å². The maximum atomic E-state index is 11.9. The number of nitrogens with one attached hydrogen (secondary N) is 1. The van der Waals surface area contributed by atoms with Crippen molar-refractivity contribution in [3.8, 4) is 0 Å². The van der Waals surface area contributed by atoms with Gasteiger partial charge in [0, 0.05) is 16.5 Å². The Morgan fingerprint density at radius 2 is 2.05 bits per heavy atom. The van der Waals surface area contributed by atoms with Crippen molar-refractivity contribution >= 4 is 45.3 Å². The number of carboxylic acids is 1. The number of halogens is 2. The molecule has 1 aromatic carbocycles. The van der Waals surface area contributed by atoms with Crippen LogP contribution < -0.4 is 11.1 Å². The number of carbonyl (C=O) groups is 3. The van der Waals surface area contributed by atoms with Crippen LogP contribution in [0.4, 0.5) is 0 Å². The van der Waals surface area contributed by atoms with E-state index in [4.69, 9.17) is 22.4 Å². The first-order valence-electron chi connectivity index (χ1n) is 5.58. The van der Waals surface area contributed by atoms with Crippen molar-refractivity contribution in [3.05, 3.63) is 33.3 Å². The maximum absolute atomic E-state index is 11.9. The number of rotatable bonds is 6. The Kier molecular flexibility index (Phi) is 5.97. The van der Waals surface area contributed by atoms with Crippen molar-refractivity contribution in [2.75, 3.05) is 0 Å². The van der Waals surface area contributed by atoms with Gasteiger partial charge < -0.3 is 16.2 Å². The third-order valence-electron chi connectivity index (χ3n) is 2.46. The number of nitrogens with two attached hydrogens (primary N) is 1. The molecule has 2 amide bonds. The summed E-state index contributed by atoms with van der Waals surface area (Å²) in [6, 6.07) is 3.31. The summed E-state index contributed by atoms with van der Waals surface area (Å²) in [5.74, 6) is -2.45. The van der Waals surface area contributed by atoms with Crippen LogP contribution in [0.3, 0.4) is 0 Å². The van der Waals surface area contributed by atoms with Gasteiger partial charge in [0.05, 0.1) is 5.02 Å². The second-order valence-corrected chi connectivity index (χ2v) is 5.26. The van der Waals surface area contributed by atoms with Gasteiger partial charge >= 0.3 is 5.97 Å². The number of primary amides is 1. The van der Waals surface area contributed by atoms with Gasteiger partial charge in [-0.05, 0) is 40.5 Å². The minimum Gasteiger partial charge on any atom is -0.480 e. The molecule has 0 saturated carbocycles. The number of amides is 2. The fourth-order valence-corrected chi connectivity index (χ4v) is 1.85. The Morgan fingerprint density at radius 1 is 1.40 bits per heavy atom. The van der Waals surface area contributed by atoms with Crippen molar-refractivity contribution in [1.82, 2.24) is 5.32 Å². The van der Waals surface area contributed by atoms with E-state index in [1.54, 1.807) is 6.07 Å². The molecule has 0 aromatic heterocycles. The zero-order valence-corrected chi connectivity index (χ0v) is 12.6. The lowest BCUT2D eigenvalue weighted by Gasteiger charge is -2.14. The quantitative estimate of drug-likeness (QED) is 0.712. The summed E-state index contributed by atoms with van der Waals surface area (Å²) in [6.45, 7) is 0. The minimum absolute atomic E-state index is 0.0688. The van der Waals surface area contributed by atoms with Crippen LogP contribution in [0.1, 0.15) is 23.2 Å². The third-order valence-corrected chi connectivity index (χ3v) is 3.70. The highest BCUT2D eigenvalue weighted by molar-refractivity contribution is 9.10. The Bertz CT molecular complexity index is 550. The Morgan fingerprint density at radius 3 is 2.55 bits per heavy atom. The van der Waals surface area contributed by atoms with Crippen LogP contribution in [0.25, 0.3) is 0 Å². The summed E-state index contributed by atoms with van der Waals surface area (Å²) in [6.07, 6.45) is -0.195. The lowest BCUT2D eigenvalue weighted by molar-refractivity contribution is -0.139. The molecular weight excluding hydrogens is 351 g/mol. The zero-order chi connectivity index (χ0) is 15.3. The molecule has 0 aliphatic heterocycles. The predicted molar refractivity (Wildman–Crippen MR) is 76.5 cm³/mol. The van der Waals surface area contributed by atoms with Crippen LogP contribution in [-0.4, -0.2) is 28.9 Å². The summed E-state index contributed by atoms with van der Waals surface area (Å²) >= 11 is 9.04. The van der Waals surface area contributed by atoms with Crippen LogP contribution in [0.2, 0.25) is 5.02 Å². The molecule has 0 heterocycles. The van der Waals surface area contributed by atoms with Crippen LogP contribution in [0, 0.1) is 0 Å². The molecule has 8 heteroatoms. The Balaban J connectivity index is 2.77. The van der Waals surface area contributed by atoms with Crippen LogP contribution >= 0.6 is 27.5 Å². The molecular formula is C12H12BrClN2O4. The molecule has 0 spiro atoms. The summed E-state index contributed by atoms with van der Waals surface area (Å²) in [5, 5.41) is 11.6. The number of hydrogen-bond acceptors (Lipinski definition) is 3. The first kappa shape index (κ1) is 16.5. The van der Waals surface area contributed by atoms with Crippen molar-refractivity contribution in [3.63, 3.8) is 0 Å². The van der Waals surface area contributed by atoms with Crippen molar-refractivity contribution in [2.45, 2.75) is 18.9 Å². The average molecular weight is 364 g/mol. The Hall–Kier alpha value is -1.60. The van der Waals surface area contributed by atoms with E-state index in [2.05, 4.69) is 21.2 Å². The first-order chi connectivity index (χ1) is 9.31. The van der Waals surface area contributed by atoms with Gasteiger partial charge in [-0.15, -0.1) is 0 Å². The van der Waals surface area contributed by atoms with Crippen LogP contribution in [0.5, 0.6) is 0 Å². The normalized spacial score (nSPS) is 11.7. The highest BCUT2D eigenvalue weighted by atomic mass is 79.9. The second kappa shape index (κ2) is 7.25. The molecule has 0 aliphatic rings. The predicted octanol–water partition coefficient (Wildman–Crippen LogP) is 1.55. The van der Waals surface area contributed by atoms with E-state index in [1.165, 1.54) is 12.1 Å². The summed E-state index contributed by atoms with van der Waals surface area (Å²) in [7, 11) is 0. The topological polar surface area (TPSA) is 109 Å². The number of aliphatic carboxylic acids is 1. The smallest absolute Gasteiger partial charge is 0.326 e. The fraction of sp³-hybridized carbons (Fsp3) is 0.250. The largest absolute Gasteiger partial charge is 0.480 e. The fourth-order valence-electron chi connectivity index (χ4n) is 1.42. The van der Waals surface area contributed by atoms with E-state index in [9.17, 15) is 14.4 Å². The summed E-state index contributed by atoms with van der Waals surface area (Å²) < 4.78 is 0.624. The van der Waals surface area contributed by atoms with E-state index in [1.807, 2.05) is 0 Å². The van der Waals surface area contributed by atoms with E-state index in [0.29, 0.717) is 9.50 Å². The van der Waals surface area contributed by atoms with Gasteiger partial charge in [-0.1, -0.05) is 11.6 Å². The molecule has 20 heavy (non-hydrogen) atoms. The van der Waals surface area contributed by atoms with Crippen molar-refractivity contribution in [2.24, 2.45) is 5.73 Å². The highest BCUT2D eigenvalue weighted by Gasteiger charge is 2.21. The molecule has 1 rings (SSSR count). The van der Waals surface area contributed by atoms with E-state index >= 15 is 0 Å². The van der Waals surface area contributed by atoms with Gasteiger partial charge in [-0.3, -0.25) is 9.59 Å². The van der Waals surface area contributed by atoms with Crippen LogP contribution in [-0.2, 0) is 9.59 Å². The maximum Gasteiger partial charge on any atom is 0.326 e. The molecule has 1 atom stereocenters. The van der Waals surface area contributed by atoms with Gasteiger partial charge in [0.25, 0.3) is 5.91 Å². The average Bonchev–Trinajstić information content (AvgIpc) is 2.36. The number of carbonyl (C=O) groups excluding carboxylic acids is 2. The first-order valence-corrected chi connectivity index (χ1v) is 6.75. The molecule has 0 radical (unpaired) electrons. The standard InChI is InChI=1S/C12H12BrClN2O4/c13-7-2-1-6(5-8(7)14)11(18)16-9(12(19)20)3-4-10(15)17/h1-2,5,9H,3-4H2,(H2,15,17)(H,16,18)(H,19,20). The van der Waals surface area contributed by atoms with Crippen LogP contribution in [0.15, 0.2) is 22.7 Å². The lowest BCUT2D eigenvalue weighted by Crippen LogP contribution is -2.41. The molecule has 1 aromatic rings. The van der Waals surface area contributed by atoms with E-state index in [0.717, 1.165) is 0 Å². The SMILES string of the molecule is NC(=O)CCC(NC(=O)c1ccc(Br)c(Cl)c1)C(=O)O. The van der Waals surface area contributed by atoms with Gasteiger partial charge in [0.2, 0.25) is 5.91 Å². The molecule has 4 N–H and O–H groups in total. The van der Waals surface area contributed by atoms with Crippen molar-refractivity contribution in [1.29, 1.82) is 0 Å². The van der Waals surface area contributed by atoms with Crippen molar-refractivity contribution < 1.29 is 19.5 Å². The number of hydrogen-bond donors (Lipinski definition) is 3. The number of benzene rings is 1. The van der Waals surface area contributed by atoms with Gasteiger partial charge in [-0.25, -0.2) is 4.79 Å². The number of carboxylic acid groups (broad SMARTS) is 1. The monoisotopic (exact) mass is 362 g/mol. The molecule has 0 fully saturated rings. The summed E-state index contributed by atoms with van der Waals surface area (Å²) in [4.78, 5) is 33.6. The molecule has 1 unspecified atom stereocenters. The molecule has 0 saturated heterocycles. The van der Waals surface area contributed by atoms with Gasteiger partial charge in [-0.2, -0.15) is 0 Å². The Labute approximate surface area is 128 Å². The summed E-state index contributed by atoms with van der Waals surface area (Å²) in [5.41, 5.74) is 5.18. The van der Waals surface area contributed by atoms with Gasteiger partial charge in [0.1, 0.15) is 6.04 Å². The molecule has 0 bridgehead atoms. The van der Waals surface area contributed by atoms with E-state index in [-0.39, 0.29) is 18.4 Å². The van der Waals surface area contributed by atoms with E-state index < -0.39 is 23.8 Å². The minimum atomic E-state index is -1.23. The molecule has 0 aliphatic carbocycles. The third kappa shape index (κ3) is 4.82. The second-order valence-electron chi connectivity index (χ2n) is 4.00. The molecule has 6 nitrogen and oxygen atoms in total. The lowest BCUT2D eigenvalue weighted by atomic mass is 10.1. The molecule has 108 valence electrons.